The molecule has 1 saturated heterocycles. The molecule has 1 amide bonds. The lowest BCUT2D eigenvalue weighted by atomic mass is 10.0. The second-order valence-corrected chi connectivity index (χ2v) is 5.72. The van der Waals surface area contributed by atoms with Crippen LogP contribution in [0.25, 0.3) is 0 Å². The molecular formula is C15H19Cl2N3O2S. The smallest absolute Gasteiger partial charge is 0.255 e. The minimum atomic E-state index is -0.0872. The average molecular weight is 376 g/mol. The number of carbonyl (C=O) groups is 1. The fraction of sp³-hybridized carbons (Fsp3) is 0.333. The van der Waals surface area contributed by atoms with Gasteiger partial charge in [0.2, 0.25) is 0 Å². The zero-order chi connectivity index (χ0) is 14.5. The number of nitrogens with zero attached hydrogens (tertiary/aromatic N) is 1. The van der Waals surface area contributed by atoms with Crippen LogP contribution in [-0.2, 0) is 6.61 Å². The standard InChI is InChI=1S/C15H17N3O2S.2ClH/c19-15(17-7-11-5-16-6-11)13-3-1-2-4-14(13)20-8-12-9-21-10-18-12;;/h1-4,9-11,16H,5-8H2,(H,17,19);2*1H. The summed E-state index contributed by atoms with van der Waals surface area (Å²) in [6, 6.07) is 7.30. The second kappa shape index (κ2) is 9.72. The van der Waals surface area contributed by atoms with Gasteiger partial charge in [0.1, 0.15) is 12.4 Å². The van der Waals surface area contributed by atoms with Crippen LogP contribution in [0.1, 0.15) is 16.1 Å². The SMILES string of the molecule is Cl.Cl.O=C(NCC1CNC1)c1ccccc1OCc1cscn1. The third-order valence-corrected chi connectivity index (χ3v) is 4.04. The molecule has 0 atom stereocenters. The Morgan fingerprint density at radius 1 is 1.35 bits per heavy atom. The van der Waals surface area contributed by atoms with Gasteiger partial charge in [0.05, 0.1) is 16.8 Å². The van der Waals surface area contributed by atoms with E-state index in [1.165, 1.54) is 11.3 Å². The van der Waals surface area contributed by atoms with E-state index in [1.807, 2.05) is 23.6 Å². The van der Waals surface area contributed by atoms with Crippen molar-refractivity contribution >= 4 is 42.1 Å². The Morgan fingerprint density at radius 3 is 2.78 bits per heavy atom. The maximum Gasteiger partial charge on any atom is 0.255 e. The minimum absolute atomic E-state index is 0. The molecule has 0 bridgehead atoms. The van der Waals surface area contributed by atoms with Crippen LogP contribution in [0, 0.1) is 5.92 Å². The molecule has 1 aromatic heterocycles. The highest BCUT2D eigenvalue weighted by atomic mass is 35.5. The lowest BCUT2D eigenvalue weighted by Crippen LogP contribution is -2.48. The molecule has 1 aliphatic heterocycles. The van der Waals surface area contributed by atoms with Crippen molar-refractivity contribution in [2.24, 2.45) is 5.92 Å². The average Bonchev–Trinajstić information content (AvgIpc) is 2.97. The number of rotatable bonds is 6. The van der Waals surface area contributed by atoms with Gasteiger partial charge in [-0.2, -0.15) is 0 Å². The lowest BCUT2D eigenvalue weighted by Gasteiger charge is -2.27. The highest BCUT2D eigenvalue weighted by molar-refractivity contribution is 7.07. The Morgan fingerprint density at radius 2 is 2.13 bits per heavy atom. The van der Waals surface area contributed by atoms with Crippen LogP contribution in [0.2, 0.25) is 0 Å². The van der Waals surface area contributed by atoms with Crippen LogP contribution in [0.3, 0.4) is 0 Å². The fourth-order valence-corrected chi connectivity index (χ4v) is 2.61. The molecule has 2 aromatic rings. The molecule has 3 rings (SSSR count). The van der Waals surface area contributed by atoms with Gasteiger partial charge in [-0.25, -0.2) is 4.98 Å². The number of ether oxygens (including phenoxy) is 1. The zero-order valence-corrected chi connectivity index (χ0v) is 14.8. The topological polar surface area (TPSA) is 63.2 Å². The van der Waals surface area contributed by atoms with E-state index in [0.717, 1.165) is 18.8 Å². The van der Waals surface area contributed by atoms with E-state index in [1.54, 1.807) is 11.6 Å². The van der Waals surface area contributed by atoms with E-state index in [0.29, 0.717) is 30.4 Å². The predicted molar refractivity (Wildman–Crippen MR) is 96.1 cm³/mol. The molecule has 1 aliphatic rings. The van der Waals surface area contributed by atoms with Crippen LogP contribution < -0.4 is 15.4 Å². The molecule has 2 N–H and O–H groups in total. The molecule has 5 nitrogen and oxygen atoms in total. The number of amides is 1. The third-order valence-electron chi connectivity index (χ3n) is 3.41. The Balaban J connectivity index is 0.00000132. The molecular weight excluding hydrogens is 357 g/mol. The minimum Gasteiger partial charge on any atom is -0.486 e. The molecule has 2 heterocycles. The van der Waals surface area contributed by atoms with Gasteiger partial charge in [0.25, 0.3) is 5.91 Å². The number of hydrogen-bond donors (Lipinski definition) is 2. The number of thiazole rings is 1. The number of carbonyl (C=O) groups excluding carboxylic acids is 1. The molecule has 0 saturated carbocycles. The monoisotopic (exact) mass is 375 g/mol. The third kappa shape index (κ3) is 5.35. The highest BCUT2D eigenvalue weighted by Crippen LogP contribution is 2.19. The Labute approximate surface area is 151 Å². The van der Waals surface area contributed by atoms with Gasteiger partial charge in [-0.1, -0.05) is 12.1 Å². The van der Waals surface area contributed by atoms with Gasteiger partial charge in [0.15, 0.2) is 0 Å². The molecule has 1 aromatic carbocycles. The van der Waals surface area contributed by atoms with Crippen LogP contribution in [0.15, 0.2) is 35.2 Å². The fourth-order valence-electron chi connectivity index (χ4n) is 2.07. The summed E-state index contributed by atoms with van der Waals surface area (Å²) in [5, 5.41) is 8.09. The summed E-state index contributed by atoms with van der Waals surface area (Å²) in [4.78, 5) is 16.4. The maximum absolute atomic E-state index is 12.2. The van der Waals surface area contributed by atoms with E-state index < -0.39 is 0 Å². The summed E-state index contributed by atoms with van der Waals surface area (Å²) < 4.78 is 5.72. The Bertz CT molecular complexity index is 607. The van der Waals surface area contributed by atoms with Crippen LogP contribution in [-0.4, -0.2) is 30.5 Å². The molecule has 0 spiro atoms. The predicted octanol–water partition coefficient (Wildman–Crippen LogP) is 2.51. The first-order valence-corrected chi connectivity index (χ1v) is 7.85. The zero-order valence-electron chi connectivity index (χ0n) is 12.4. The van der Waals surface area contributed by atoms with Gasteiger partial charge in [0, 0.05) is 30.9 Å². The summed E-state index contributed by atoms with van der Waals surface area (Å²) in [5.41, 5.74) is 3.21. The van der Waals surface area contributed by atoms with Crippen LogP contribution >= 0.6 is 36.2 Å². The van der Waals surface area contributed by atoms with Crippen molar-refractivity contribution in [3.05, 3.63) is 46.4 Å². The van der Waals surface area contributed by atoms with Crippen LogP contribution in [0.4, 0.5) is 0 Å². The molecule has 0 aliphatic carbocycles. The van der Waals surface area contributed by atoms with E-state index >= 15 is 0 Å². The van der Waals surface area contributed by atoms with E-state index in [4.69, 9.17) is 4.74 Å². The van der Waals surface area contributed by atoms with E-state index in [9.17, 15) is 4.79 Å². The second-order valence-electron chi connectivity index (χ2n) is 5.00. The first-order chi connectivity index (χ1) is 10.3. The van der Waals surface area contributed by atoms with Gasteiger partial charge in [-0.15, -0.1) is 36.2 Å². The first kappa shape index (κ1) is 19.7. The molecule has 23 heavy (non-hydrogen) atoms. The van der Waals surface area contributed by atoms with Crippen molar-refractivity contribution in [2.45, 2.75) is 6.61 Å². The van der Waals surface area contributed by atoms with Crippen molar-refractivity contribution in [1.29, 1.82) is 0 Å². The van der Waals surface area contributed by atoms with Crippen molar-refractivity contribution < 1.29 is 9.53 Å². The van der Waals surface area contributed by atoms with E-state index in [-0.39, 0.29) is 30.7 Å². The van der Waals surface area contributed by atoms with Gasteiger partial charge < -0.3 is 15.4 Å². The van der Waals surface area contributed by atoms with Crippen LogP contribution in [0.5, 0.6) is 5.75 Å². The molecule has 8 heteroatoms. The Kier molecular flexibility index (Phi) is 8.33. The number of hydrogen-bond acceptors (Lipinski definition) is 5. The number of para-hydroxylation sites is 1. The maximum atomic E-state index is 12.2. The number of nitrogens with one attached hydrogen (secondary N) is 2. The summed E-state index contributed by atoms with van der Waals surface area (Å²) in [7, 11) is 0. The van der Waals surface area contributed by atoms with Gasteiger partial charge in [-0.05, 0) is 12.1 Å². The molecule has 126 valence electrons. The van der Waals surface area contributed by atoms with Crippen molar-refractivity contribution in [3.8, 4) is 5.75 Å². The Hall–Kier alpha value is -1.34. The largest absolute Gasteiger partial charge is 0.486 e. The van der Waals surface area contributed by atoms with Gasteiger partial charge in [-0.3, -0.25) is 4.79 Å². The van der Waals surface area contributed by atoms with E-state index in [2.05, 4.69) is 15.6 Å². The summed E-state index contributed by atoms with van der Waals surface area (Å²) >= 11 is 1.53. The molecule has 0 unspecified atom stereocenters. The quantitative estimate of drug-likeness (QED) is 0.813. The van der Waals surface area contributed by atoms with Gasteiger partial charge >= 0.3 is 0 Å². The number of benzene rings is 1. The summed E-state index contributed by atoms with van der Waals surface area (Å²) in [6.07, 6.45) is 0. The lowest BCUT2D eigenvalue weighted by molar-refractivity contribution is 0.0937. The summed E-state index contributed by atoms with van der Waals surface area (Å²) in [6.45, 7) is 3.02. The normalized spacial score (nSPS) is 13.2. The van der Waals surface area contributed by atoms with Crippen molar-refractivity contribution in [3.63, 3.8) is 0 Å². The number of aromatic nitrogens is 1. The van der Waals surface area contributed by atoms with Crippen molar-refractivity contribution in [1.82, 2.24) is 15.6 Å². The first-order valence-electron chi connectivity index (χ1n) is 6.91. The van der Waals surface area contributed by atoms with Crippen molar-refractivity contribution in [2.75, 3.05) is 19.6 Å². The number of halogens is 2. The highest BCUT2D eigenvalue weighted by Gasteiger charge is 2.19. The summed E-state index contributed by atoms with van der Waals surface area (Å²) in [5.74, 6) is 1.04. The molecule has 0 radical (unpaired) electrons. The molecule has 1 fully saturated rings.